The fraction of sp³-hybridized carbons (Fsp3) is 0.500. The Morgan fingerprint density at radius 1 is 1.26 bits per heavy atom. The molecule has 7 heteroatoms. The van der Waals surface area contributed by atoms with E-state index >= 15 is 0 Å². The van der Waals surface area contributed by atoms with Crippen LogP contribution in [-0.2, 0) is 19.4 Å². The van der Waals surface area contributed by atoms with Crippen molar-refractivity contribution in [2.24, 2.45) is 0 Å². The summed E-state index contributed by atoms with van der Waals surface area (Å²) in [5.41, 5.74) is 2.06. The summed E-state index contributed by atoms with van der Waals surface area (Å²) in [7, 11) is 0. The molecule has 0 fully saturated rings. The summed E-state index contributed by atoms with van der Waals surface area (Å²) in [6.07, 6.45) is 4.39. The summed E-state index contributed by atoms with van der Waals surface area (Å²) in [6.45, 7) is 2.35. The highest BCUT2D eigenvalue weighted by molar-refractivity contribution is 5.47. The van der Waals surface area contributed by atoms with Crippen molar-refractivity contribution in [3.8, 4) is 0 Å². The van der Waals surface area contributed by atoms with Gasteiger partial charge in [-0.2, -0.15) is 5.10 Å². The van der Waals surface area contributed by atoms with Gasteiger partial charge in [0.1, 0.15) is 17.5 Å². The second-order valence-corrected chi connectivity index (χ2v) is 4.73. The fourth-order valence-corrected chi connectivity index (χ4v) is 2.42. The fourth-order valence-electron chi connectivity index (χ4n) is 2.42. The molecule has 3 N–H and O–H groups in total. The molecule has 0 aromatic carbocycles. The molecule has 0 saturated carbocycles. The second-order valence-electron chi connectivity index (χ2n) is 4.73. The van der Waals surface area contributed by atoms with E-state index in [-0.39, 0.29) is 5.69 Å². The summed E-state index contributed by atoms with van der Waals surface area (Å²) in [5.74, 6) is 2.22. The van der Waals surface area contributed by atoms with Gasteiger partial charge in [-0.1, -0.05) is 0 Å². The molecule has 3 rings (SSSR count). The van der Waals surface area contributed by atoms with Gasteiger partial charge in [0.15, 0.2) is 0 Å². The van der Waals surface area contributed by atoms with E-state index in [4.69, 9.17) is 0 Å². The van der Waals surface area contributed by atoms with Crippen molar-refractivity contribution in [1.29, 1.82) is 0 Å². The quantitative estimate of drug-likeness (QED) is 0.754. The van der Waals surface area contributed by atoms with Crippen molar-refractivity contribution >= 4 is 5.82 Å². The third-order valence-corrected chi connectivity index (χ3v) is 3.27. The Labute approximate surface area is 109 Å². The molecule has 1 aliphatic carbocycles. The van der Waals surface area contributed by atoms with Gasteiger partial charge in [0.2, 0.25) is 0 Å². The normalized spacial score (nSPS) is 14.2. The summed E-state index contributed by atoms with van der Waals surface area (Å²) < 4.78 is 0. The van der Waals surface area contributed by atoms with Gasteiger partial charge in [0.25, 0.3) is 0 Å². The molecule has 0 unspecified atom stereocenters. The smallest absolute Gasteiger partial charge is 0.340 e. The molecule has 2 aromatic rings. The monoisotopic (exact) mass is 260 g/mol. The van der Waals surface area contributed by atoms with Crippen LogP contribution >= 0.6 is 0 Å². The Bertz CT molecular complexity index is 644. The molecular weight excluding hydrogens is 244 g/mol. The topological polar surface area (TPSA) is 99.4 Å². The molecule has 0 aliphatic heterocycles. The largest absolute Gasteiger partial charge is 0.362 e. The van der Waals surface area contributed by atoms with E-state index in [1.54, 1.807) is 0 Å². The summed E-state index contributed by atoms with van der Waals surface area (Å²) in [4.78, 5) is 22.5. The molecule has 0 spiro atoms. The Morgan fingerprint density at radius 2 is 2.11 bits per heavy atom. The van der Waals surface area contributed by atoms with Crippen LogP contribution in [0.25, 0.3) is 0 Å². The first kappa shape index (κ1) is 11.9. The van der Waals surface area contributed by atoms with Gasteiger partial charge in [-0.25, -0.2) is 19.9 Å². The SMILES string of the molecule is Cc1nc2c(c(NCc3n[nH]c(=O)[nH]3)n1)CCCC2. The summed E-state index contributed by atoms with van der Waals surface area (Å²) in [5, 5.41) is 9.45. The summed E-state index contributed by atoms with van der Waals surface area (Å²) in [6, 6.07) is 0. The van der Waals surface area contributed by atoms with Crippen LogP contribution in [0.2, 0.25) is 0 Å². The molecular formula is C12H16N6O. The number of aromatic amines is 2. The molecule has 0 bridgehead atoms. The van der Waals surface area contributed by atoms with E-state index in [0.29, 0.717) is 12.4 Å². The standard InChI is InChI=1S/C12H16N6O/c1-7-14-9-5-3-2-4-8(9)11(15-7)13-6-10-16-12(19)18-17-10/h2-6H2,1H3,(H,13,14,15)(H2,16,17,18,19). The molecule has 0 radical (unpaired) electrons. The van der Waals surface area contributed by atoms with Crippen LogP contribution in [0.5, 0.6) is 0 Å². The average molecular weight is 260 g/mol. The minimum absolute atomic E-state index is 0.294. The number of aryl methyl sites for hydroxylation is 2. The summed E-state index contributed by atoms with van der Waals surface area (Å²) >= 11 is 0. The van der Waals surface area contributed by atoms with E-state index in [2.05, 4.69) is 30.5 Å². The average Bonchev–Trinajstić information content (AvgIpc) is 2.81. The zero-order valence-electron chi connectivity index (χ0n) is 10.8. The van der Waals surface area contributed by atoms with Crippen LogP contribution in [0.4, 0.5) is 5.82 Å². The van der Waals surface area contributed by atoms with Crippen molar-refractivity contribution in [3.05, 3.63) is 33.4 Å². The number of H-pyrrole nitrogens is 2. The Morgan fingerprint density at radius 3 is 2.89 bits per heavy atom. The lowest BCUT2D eigenvalue weighted by Crippen LogP contribution is -2.14. The maximum Gasteiger partial charge on any atom is 0.340 e. The molecule has 1 aliphatic rings. The molecule has 0 atom stereocenters. The third kappa shape index (κ3) is 2.49. The van der Waals surface area contributed by atoms with Gasteiger partial charge in [-0.3, -0.25) is 4.98 Å². The lowest BCUT2D eigenvalue weighted by molar-refractivity contribution is 0.659. The van der Waals surface area contributed by atoms with Crippen molar-refractivity contribution in [2.75, 3.05) is 5.32 Å². The van der Waals surface area contributed by atoms with Gasteiger partial charge in [0.05, 0.1) is 6.54 Å². The van der Waals surface area contributed by atoms with Crippen LogP contribution in [0, 0.1) is 6.92 Å². The lowest BCUT2D eigenvalue weighted by atomic mass is 9.96. The minimum atomic E-state index is -0.294. The molecule has 2 heterocycles. The van der Waals surface area contributed by atoms with E-state index in [1.165, 1.54) is 18.4 Å². The van der Waals surface area contributed by atoms with Crippen molar-refractivity contribution < 1.29 is 0 Å². The predicted molar refractivity (Wildman–Crippen MR) is 69.9 cm³/mol. The van der Waals surface area contributed by atoms with Crippen molar-refractivity contribution in [3.63, 3.8) is 0 Å². The first-order valence-electron chi connectivity index (χ1n) is 6.46. The zero-order valence-corrected chi connectivity index (χ0v) is 10.8. The maximum absolute atomic E-state index is 11.0. The van der Waals surface area contributed by atoms with Gasteiger partial charge in [-0.15, -0.1) is 0 Å². The van der Waals surface area contributed by atoms with E-state index < -0.39 is 0 Å². The lowest BCUT2D eigenvalue weighted by Gasteiger charge is -2.18. The first-order valence-corrected chi connectivity index (χ1v) is 6.46. The molecule has 0 saturated heterocycles. The number of rotatable bonds is 3. The third-order valence-electron chi connectivity index (χ3n) is 3.27. The zero-order chi connectivity index (χ0) is 13.2. The van der Waals surface area contributed by atoms with Gasteiger partial charge >= 0.3 is 5.69 Å². The van der Waals surface area contributed by atoms with Crippen LogP contribution in [0.1, 0.15) is 35.7 Å². The number of hydrogen-bond donors (Lipinski definition) is 3. The minimum Gasteiger partial charge on any atom is -0.362 e. The van der Waals surface area contributed by atoms with Crippen molar-refractivity contribution in [1.82, 2.24) is 25.1 Å². The molecule has 7 nitrogen and oxygen atoms in total. The van der Waals surface area contributed by atoms with E-state index in [0.717, 1.165) is 30.2 Å². The predicted octanol–water partition coefficient (Wildman–Crippen LogP) is 0.687. The highest BCUT2D eigenvalue weighted by atomic mass is 16.1. The van der Waals surface area contributed by atoms with Crippen LogP contribution in [-0.4, -0.2) is 25.1 Å². The Balaban J connectivity index is 1.83. The first-order chi connectivity index (χ1) is 9.22. The number of hydrogen-bond acceptors (Lipinski definition) is 5. The Kier molecular flexibility index (Phi) is 3.02. The van der Waals surface area contributed by atoms with E-state index in [9.17, 15) is 4.79 Å². The van der Waals surface area contributed by atoms with E-state index in [1.807, 2.05) is 6.92 Å². The maximum atomic E-state index is 11.0. The number of anilines is 1. The molecule has 2 aromatic heterocycles. The number of fused-ring (bicyclic) bond motifs is 1. The molecule has 100 valence electrons. The van der Waals surface area contributed by atoms with Gasteiger partial charge in [0, 0.05) is 11.3 Å². The second kappa shape index (κ2) is 4.83. The Hall–Kier alpha value is -2.18. The van der Waals surface area contributed by atoms with Crippen LogP contribution in [0.3, 0.4) is 0 Å². The van der Waals surface area contributed by atoms with Gasteiger partial charge < -0.3 is 5.32 Å². The van der Waals surface area contributed by atoms with Gasteiger partial charge in [-0.05, 0) is 32.6 Å². The number of nitrogens with zero attached hydrogens (tertiary/aromatic N) is 3. The number of nitrogens with one attached hydrogen (secondary N) is 3. The molecule has 0 amide bonds. The highest BCUT2D eigenvalue weighted by Crippen LogP contribution is 2.25. The van der Waals surface area contributed by atoms with Crippen LogP contribution in [0.15, 0.2) is 4.79 Å². The number of aromatic nitrogens is 5. The molecule has 19 heavy (non-hydrogen) atoms. The van der Waals surface area contributed by atoms with Crippen molar-refractivity contribution in [2.45, 2.75) is 39.2 Å². The van der Waals surface area contributed by atoms with Crippen LogP contribution < -0.4 is 11.0 Å². The highest BCUT2D eigenvalue weighted by Gasteiger charge is 2.16.